The predicted octanol–water partition coefficient (Wildman–Crippen LogP) is 4.88. The van der Waals surface area contributed by atoms with Crippen molar-refractivity contribution in [3.8, 4) is 11.5 Å². The van der Waals surface area contributed by atoms with Gasteiger partial charge in [0, 0.05) is 28.9 Å². The molecule has 0 radical (unpaired) electrons. The predicted molar refractivity (Wildman–Crippen MR) is 85.8 cm³/mol. The maximum absolute atomic E-state index is 13.6. The molecule has 112 valence electrons. The lowest BCUT2D eigenvalue weighted by Crippen LogP contribution is -2.03. The Morgan fingerprint density at radius 1 is 1.33 bits per heavy atom. The molecule has 0 bridgehead atoms. The fourth-order valence-corrected chi connectivity index (χ4v) is 2.63. The Labute approximate surface area is 135 Å². The largest absolute Gasteiger partial charge is 0.504 e. The Morgan fingerprint density at radius 3 is 2.71 bits per heavy atom. The fourth-order valence-electron chi connectivity index (χ4n) is 1.95. The molecule has 2 aromatic carbocycles. The molecule has 2 rings (SSSR count). The molecule has 3 nitrogen and oxygen atoms in total. The van der Waals surface area contributed by atoms with Crippen LogP contribution in [0.4, 0.5) is 10.1 Å². The molecule has 2 N–H and O–H groups in total. The number of phenols is 1. The van der Waals surface area contributed by atoms with E-state index in [0.717, 1.165) is 5.56 Å². The van der Waals surface area contributed by atoms with Crippen molar-refractivity contribution in [2.45, 2.75) is 13.5 Å². The maximum Gasteiger partial charge on any atom is 0.162 e. The monoisotopic (exact) mass is 373 g/mol. The third kappa shape index (κ3) is 3.60. The molecule has 21 heavy (non-hydrogen) atoms. The van der Waals surface area contributed by atoms with Crippen LogP contribution in [-0.4, -0.2) is 12.2 Å². The number of aromatic hydroxyl groups is 1. The minimum Gasteiger partial charge on any atom is -0.504 e. The first-order valence-corrected chi connectivity index (χ1v) is 7.34. The molecule has 0 saturated carbocycles. The van der Waals surface area contributed by atoms with E-state index in [1.165, 1.54) is 19.2 Å². The summed E-state index contributed by atoms with van der Waals surface area (Å²) in [5.41, 5.74) is 2.10. The molecular formula is C15H14BrClFNO2. The summed E-state index contributed by atoms with van der Waals surface area (Å²) in [6, 6.07) is 6.26. The third-order valence-electron chi connectivity index (χ3n) is 3.08. The summed E-state index contributed by atoms with van der Waals surface area (Å²) in [6.07, 6.45) is 0. The van der Waals surface area contributed by atoms with Crippen LogP contribution in [-0.2, 0) is 6.54 Å². The zero-order chi connectivity index (χ0) is 15.6. The topological polar surface area (TPSA) is 41.5 Å². The zero-order valence-electron chi connectivity index (χ0n) is 11.5. The van der Waals surface area contributed by atoms with Crippen LogP contribution in [0.25, 0.3) is 0 Å². The van der Waals surface area contributed by atoms with Gasteiger partial charge in [0.15, 0.2) is 11.5 Å². The van der Waals surface area contributed by atoms with Gasteiger partial charge in [0.25, 0.3) is 0 Å². The fraction of sp³-hybridized carbons (Fsp3) is 0.200. The van der Waals surface area contributed by atoms with Crippen molar-refractivity contribution in [1.82, 2.24) is 0 Å². The maximum atomic E-state index is 13.6. The average Bonchev–Trinajstić information content (AvgIpc) is 2.44. The van der Waals surface area contributed by atoms with E-state index in [0.29, 0.717) is 33.0 Å². The van der Waals surface area contributed by atoms with Crippen LogP contribution in [0.2, 0.25) is 5.02 Å². The van der Waals surface area contributed by atoms with E-state index in [4.69, 9.17) is 16.3 Å². The molecule has 6 heteroatoms. The van der Waals surface area contributed by atoms with Gasteiger partial charge in [-0.05, 0) is 46.6 Å². The van der Waals surface area contributed by atoms with Gasteiger partial charge in [0.05, 0.1) is 11.6 Å². The molecule has 0 amide bonds. The highest BCUT2D eigenvalue weighted by molar-refractivity contribution is 9.10. The number of hydrogen-bond acceptors (Lipinski definition) is 3. The molecule has 0 unspecified atom stereocenters. The lowest BCUT2D eigenvalue weighted by molar-refractivity contribution is 0.371. The summed E-state index contributed by atoms with van der Waals surface area (Å²) in [6.45, 7) is 2.16. The van der Waals surface area contributed by atoms with Crippen molar-refractivity contribution >= 4 is 33.2 Å². The van der Waals surface area contributed by atoms with E-state index in [-0.39, 0.29) is 11.6 Å². The second kappa shape index (κ2) is 6.54. The van der Waals surface area contributed by atoms with Crippen molar-refractivity contribution in [3.63, 3.8) is 0 Å². The first kappa shape index (κ1) is 15.9. The summed E-state index contributed by atoms with van der Waals surface area (Å²) in [5.74, 6) is -0.0290. The standard InChI is InChI=1S/C15H14BrClFNO2/c1-8-3-11(16)12(18)6-13(8)19-7-9-4-10(17)5-14(21-2)15(9)20/h3-6,19-20H,7H2,1-2H3. The average molecular weight is 375 g/mol. The molecule has 0 aliphatic carbocycles. The normalized spacial score (nSPS) is 10.5. The molecule has 0 aliphatic rings. The lowest BCUT2D eigenvalue weighted by Gasteiger charge is -2.13. The highest BCUT2D eigenvalue weighted by Crippen LogP contribution is 2.34. The molecule has 0 fully saturated rings. The van der Waals surface area contributed by atoms with Crippen LogP contribution in [0.5, 0.6) is 11.5 Å². The van der Waals surface area contributed by atoms with Gasteiger partial charge in [0.2, 0.25) is 0 Å². The first-order chi connectivity index (χ1) is 9.92. The number of hydrogen-bond donors (Lipinski definition) is 2. The van der Waals surface area contributed by atoms with E-state index in [1.54, 1.807) is 12.1 Å². The quantitative estimate of drug-likeness (QED) is 0.802. The van der Waals surface area contributed by atoms with Crippen LogP contribution in [0, 0.1) is 12.7 Å². The number of anilines is 1. The van der Waals surface area contributed by atoms with Crippen molar-refractivity contribution < 1.29 is 14.2 Å². The number of phenolic OH excluding ortho intramolecular Hbond substituents is 1. The van der Waals surface area contributed by atoms with E-state index >= 15 is 0 Å². The van der Waals surface area contributed by atoms with Crippen LogP contribution < -0.4 is 10.1 Å². The number of ether oxygens (including phenoxy) is 1. The lowest BCUT2D eigenvalue weighted by atomic mass is 10.1. The van der Waals surface area contributed by atoms with E-state index in [2.05, 4.69) is 21.2 Å². The van der Waals surface area contributed by atoms with Crippen LogP contribution in [0.3, 0.4) is 0 Å². The van der Waals surface area contributed by atoms with Gasteiger partial charge in [-0.25, -0.2) is 4.39 Å². The summed E-state index contributed by atoms with van der Waals surface area (Å²) >= 11 is 9.11. The highest BCUT2D eigenvalue weighted by Gasteiger charge is 2.11. The molecule has 0 aromatic heterocycles. The Balaban J connectivity index is 2.24. The third-order valence-corrected chi connectivity index (χ3v) is 3.90. The molecule has 2 aromatic rings. The van der Waals surface area contributed by atoms with Crippen molar-refractivity contribution in [1.29, 1.82) is 0 Å². The van der Waals surface area contributed by atoms with E-state index < -0.39 is 0 Å². The number of rotatable bonds is 4. The minimum absolute atomic E-state index is 0.0182. The van der Waals surface area contributed by atoms with Crippen LogP contribution >= 0.6 is 27.5 Å². The summed E-state index contributed by atoms with van der Waals surface area (Å²) < 4.78 is 19.0. The van der Waals surface area contributed by atoms with Gasteiger partial charge < -0.3 is 15.2 Å². The molecule has 0 heterocycles. The summed E-state index contributed by atoms with van der Waals surface area (Å²) in [5, 5.41) is 13.6. The second-order valence-corrected chi connectivity index (χ2v) is 5.84. The Hall–Kier alpha value is -1.46. The summed E-state index contributed by atoms with van der Waals surface area (Å²) in [7, 11) is 1.46. The first-order valence-electron chi connectivity index (χ1n) is 6.17. The molecule has 0 atom stereocenters. The molecule has 0 aliphatic heterocycles. The van der Waals surface area contributed by atoms with Gasteiger partial charge in [-0.3, -0.25) is 0 Å². The SMILES string of the molecule is COc1cc(Cl)cc(CNc2cc(F)c(Br)cc2C)c1O. The number of benzene rings is 2. The number of aryl methyl sites for hydroxylation is 1. The molecule has 0 saturated heterocycles. The van der Waals surface area contributed by atoms with Crippen molar-refractivity contribution in [2.24, 2.45) is 0 Å². The number of methoxy groups -OCH3 is 1. The van der Waals surface area contributed by atoms with Gasteiger partial charge in [-0.15, -0.1) is 0 Å². The highest BCUT2D eigenvalue weighted by atomic mass is 79.9. The van der Waals surface area contributed by atoms with Crippen LogP contribution in [0.15, 0.2) is 28.7 Å². The van der Waals surface area contributed by atoms with Gasteiger partial charge in [-0.2, -0.15) is 0 Å². The van der Waals surface area contributed by atoms with Crippen LogP contribution in [0.1, 0.15) is 11.1 Å². The second-order valence-electron chi connectivity index (χ2n) is 4.55. The minimum atomic E-state index is -0.351. The zero-order valence-corrected chi connectivity index (χ0v) is 13.8. The van der Waals surface area contributed by atoms with Gasteiger partial charge in [-0.1, -0.05) is 11.6 Å². The smallest absolute Gasteiger partial charge is 0.162 e. The Bertz CT molecular complexity index is 679. The van der Waals surface area contributed by atoms with E-state index in [1.807, 2.05) is 6.92 Å². The number of halogens is 3. The Kier molecular flexibility index (Phi) is 4.96. The summed E-state index contributed by atoms with van der Waals surface area (Å²) in [4.78, 5) is 0. The van der Waals surface area contributed by atoms with Crippen molar-refractivity contribution in [3.05, 3.63) is 50.7 Å². The molecular weight excluding hydrogens is 361 g/mol. The van der Waals surface area contributed by atoms with Crippen molar-refractivity contribution in [2.75, 3.05) is 12.4 Å². The number of nitrogens with one attached hydrogen (secondary N) is 1. The molecule has 0 spiro atoms. The van der Waals surface area contributed by atoms with E-state index in [9.17, 15) is 9.50 Å². The van der Waals surface area contributed by atoms with Gasteiger partial charge in [0.1, 0.15) is 5.82 Å². The Morgan fingerprint density at radius 2 is 2.05 bits per heavy atom. The van der Waals surface area contributed by atoms with Gasteiger partial charge >= 0.3 is 0 Å².